The predicted octanol–water partition coefficient (Wildman–Crippen LogP) is -2.91. The Kier molecular flexibility index (Phi) is 4.14. The van der Waals surface area contributed by atoms with E-state index in [-0.39, 0.29) is 0 Å². The van der Waals surface area contributed by atoms with Crippen LogP contribution in [0.4, 0.5) is 0 Å². The van der Waals surface area contributed by atoms with E-state index < -0.39 is 43.3 Å². The Hall–Kier alpha value is -0.790. The molecule has 5 N–H and O–H groups in total. The van der Waals surface area contributed by atoms with Crippen molar-refractivity contribution >= 4 is 0 Å². The number of nitrogens with zero attached hydrogens (tertiary/aromatic N) is 2. The molecule has 0 aromatic carbocycles. The maximum Gasteiger partial charge on any atom is 0.152 e. The van der Waals surface area contributed by atoms with Crippen LogP contribution in [0.2, 0.25) is 0 Å². The minimum Gasteiger partial charge on any atom is -0.394 e. The summed E-state index contributed by atoms with van der Waals surface area (Å²) in [5.41, 5.74) is 2.64. The SMILES string of the molecule is N#CC1CCN([C@@H]2O[C@H](CO)[C@@H](O)[C@H]2O)NC1O. The molecule has 6 atom stereocenters. The van der Waals surface area contributed by atoms with Gasteiger partial charge in [-0.05, 0) is 6.42 Å². The molecule has 0 bridgehead atoms. The monoisotopic (exact) mass is 259 g/mol. The zero-order valence-corrected chi connectivity index (χ0v) is 9.68. The summed E-state index contributed by atoms with van der Waals surface area (Å²) in [6.07, 6.45) is -4.67. The first-order valence-corrected chi connectivity index (χ1v) is 5.81. The average Bonchev–Trinajstić information content (AvgIpc) is 2.66. The summed E-state index contributed by atoms with van der Waals surface area (Å²) in [4.78, 5) is 0. The molecule has 2 rings (SSSR count). The first kappa shape index (κ1) is 13.6. The van der Waals surface area contributed by atoms with Crippen LogP contribution < -0.4 is 5.43 Å². The molecule has 0 radical (unpaired) electrons. The molecule has 8 nitrogen and oxygen atoms in total. The Bertz CT molecular complexity index is 336. The third-order valence-corrected chi connectivity index (χ3v) is 3.35. The van der Waals surface area contributed by atoms with Crippen molar-refractivity contribution < 1.29 is 25.2 Å². The molecule has 2 fully saturated rings. The van der Waals surface area contributed by atoms with Crippen LogP contribution >= 0.6 is 0 Å². The van der Waals surface area contributed by atoms with Crippen molar-refractivity contribution in [3.05, 3.63) is 0 Å². The molecule has 8 heteroatoms. The number of nitrogens with one attached hydrogen (secondary N) is 1. The zero-order chi connectivity index (χ0) is 13.3. The molecule has 2 aliphatic heterocycles. The lowest BCUT2D eigenvalue weighted by Gasteiger charge is -2.38. The second-order valence-electron chi connectivity index (χ2n) is 4.52. The van der Waals surface area contributed by atoms with Gasteiger partial charge in [0.1, 0.15) is 24.5 Å². The molecular weight excluding hydrogens is 242 g/mol. The minimum absolute atomic E-state index is 0.391. The van der Waals surface area contributed by atoms with E-state index in [0.717, 1.165) is 0 Å². The second kappa shape index (κ2) is 5.46. The van der Waals surface area contributed by atoms with Gasteiger partial charge in [-0.25, -0.2) is 10.4 Å². The minimum atomic E-state index is -1.18. The van der Waals surface area contributed by atoms with E-state index in [1.807, 2.05) is 6.07 Å². The Labute approximate surface area is 104 Å². The van der Waals surface area contributed by atoms with E-state index in [4.69, 9.17) is 15.1 Å². The topological polar surface area (TPSA) is 129 Å². The lowest BCUT2D eigenvalue weighted by atomic mass is 10.0. The molecule has 102 valence electrons. The summed E-state index contributed by atoms with van der Waals surface area (Å²) >= 11 is 0. The van der Waals surface area contributed by atoms with Crippen molar-refractivity contribution in [3.63, 3.8) is 0 Å². The molecule has 18 heavy (non-hydrogen) atoms. The van der Waals surface area contributed by atoms with Crippen LogP contribution in [0.1, 0.15) is 6.42 Å². The van der Waals surface area contributed by atoms with Gasteiger partial charge in [-0.1, -0.05) is 0 Å². The largest absolute Gasteiger partial charge is 0.394 e. The second-order valence-corrected chi connectivity index (χ2v) is 4.52. The number of rotatable bonds is 2. The van der Waals surface area contributed by atoms with Crippen molar-refractivity contribution in [2.75, 3.05) is 13.2 Å². The Morgan fingerprint density at radius 1 is 1.33 bits per heavy atom. The van der Waals surface area contributed by atoms with Crippen LogP contribution in [0.3, 0.4) is 0 Å². The standard InChI is InChI=1S/C10H17N3O5/c11-3-5-1-2-13(12-9(5)17)10-8(16)7(15)6(4-14)18-10/h5-10,12,14-17H,1-2,4H2/t5?,6-,7-,8-,9?,10-/m1/s1. The van der Waals surface area contributed by atoms with Crippen LogP contribution in [0.25, 0.3) is 0 Å². The fraction of sp³-hybridized carbons (Fsp3) is 0.900. The first-order valence-electron chi connectivity index (χ1n) is 5.81. The van der Waals surface area contributed by atoms with Gasteiger partial charge >= 0.3 is 0 Å². The summed E-state index contributed by atoms with van der Waals surface area (Å²) in [6, 6.07) is 1.97. The number of ether oxygens (including phenoxy) is 1. The number of hydrazine groups is 1. The van der Waals surface area contributed by atoms with E-state index in [2.05, 4.69) is 5.43 Å². The van der Waals surface area contributed by atoms with Crippen LogP contribution in [-0.2, 0) is 4.74 Å². The fourth-order valence-corrected chi connectivity index (χ4v) is 2.23. The molecule has 2 aliphatic rings. The molecule has 0 aliphatic carbocycles. The maximum absolute atomic E-state index is 9.81. The number of aliphatic hydroxyl groups excluding tert-OH is 4. The molecule has 0 aromatic heterocycles. The van der Waals surface area contributed by atoms with Gasteiger partial charge in [-0.15, -0.1) is 0 Å². The van der Waals surface area contributed by atoms with E-state index in [9.17, 15) is 15.3 Å². The lowest BCUT2D eigenvalue weighted by Crippen LogP contribution is -2.59. The summed E-state index contributed by atoms with van der Waals surface area (Å²) < 4.78 is 5.31. The third kappa shape index (κ3) is 2.34. The smallest absolute Gasteiger partial charge is 0.152 e. The number of aliphatic hydroxyl groups is 4. The number of hydrogen-bond donors (Lipinski definition) is 5. The van der Waals surface area contributed by atoms with Gasteiger partial charge in [0.25, 0.3) is 0 Å². The van der Waals surface area contributed by atoms with Gasteiger partial charge in [0.05, 0.1) is 18.6 Å². The maximum atomic E-state index is 9.81. The highest BCUT2D eigenvalue weighted by Gasteiger charge is 2.46. The van der Waals surface area contributed by atoms with E-state index >= 15 is 0 Å². The van der Waals surface area contributed by atoms with Gasteiger partial charge in [-0.3, -0.25) is 0 Å². The van der Waals surface area contributed by atoms with Gasteiger partial charge in [-0.2, -0.15) is 5.26 Å². The summed E-state index contributed by atoms with van der Waals surface area (Å²) in [7, 11) is 0. The summed E-state index contributed by atoms with van der Waals surface area (Å²) in [5.74, 6) is -0.515. The molecule has 0 amide bonds. The Morgan fingerprint density at radius 2 is 2.06 bits per heavy atom. The fourth-order valence-electron chi connectivity index (χ4n) is 2.23. The van der Waals surface area contributed by atoms with Gasteiger partial charge in [0, 0.05) is 6.54 Å². The first-order chi connectivity index (χ1) is 8.58. The summed E-state index contributed by atoms with van der Waals surface area (Å²) in [6.45, 7) is -0.00613. The van der Waals surface area contributed by atoms with Crippen molar-refractivity contribution in [1.29, 1.82) is 5.26 Å². The van der Waals surface area contributed by atoms with Crippen molar-refractivity contribution in [1.82, 2.24) is 10.4 Å². The Morgan fingerprint density at radius 3 is 2.56 bits per heavy atom. The zero-order valence-electron chi connectivity index (χ0n) is 9.68. The van der Waals surface area contributed by atoms with Gasteiger partial charge in [0.2, 0.25) is 0 Å². The van der Waals surface area contributed by atoms with E-state index in [1.165, 1.54) is 5.01 Å². The number of nitriles is 1. The van der Waals surface area contributed by atoms with Crippen LogP contribution in [-0.4, -0.2) is 69.4 Å². The van der Waals surface area contributed by atoms with Crippen molar-refractivity contribution in [2.45, 2.75) is 37.2 Å². The number of hydrogen-bond acceptors (Lipinski definition) is 8. The normalized spacial score (nSPS) is 45.9. The van der Waals surface area contributed by atoms with E-state index in [0.29, 0.717) is 13.0 Å². The highest BCUT2D eigenvalue weighted by molar-refractivity contribution is 4.94. The molecular formula is C10H17N3O5. The Balaban J connectivity index is 1.99. The predicted molar refractivity (Wildman–Crippen MR) is 57.3 cm³/mol. The molecule has 0 aromatic rings. The van der Waals surface area contributed by atoms with Crippen LogP contribution in [0, 0.1) is 17.2 Å². The average molecular weight is 259 g/mol. The quantitative estimate of drug-likeness (QED) is 0.357. The molecule has 2 heterocycles. The highest BCUT2D eigenvalue weighted by Crippen LogP contribution is 2.25. The molecule has 2 unspecified atom stereocenters. The highest BCUT2D eigenvalue weighted by atomic mass is 16.6. The molecule has 2 saturated heterocycles. The van der Waals surface area contributed by atoms with E-state index in [1.54, 1.807) is 0 Å². The third-order valence-electron chi connectivity index (χ3n) is 3.35. The van der Waals surface area contributed by atoms with Gasteiger partial charge < -0.3 is 25.2 Å². The van der Waals surface area contributed by atoms with Crippen LogP contribution in [0.5, 0.6) is 0 Å². The van der Waals surface area contributed by atoms with Gasteiger partial charge in [0.15, 0.2) is 6.23 Å². The van der Waals surface area contributed by atoms with Crippen molar-refractivity contribution in [3.8, 4) is 6.07 Å². The van der Waals surface area contributed by atoms with Crippen LogP contribution in [0.15, 0.2) is 0 Å². The van der Waals surface area contributed by atoms with Crippen molar-refractivity contribution in [2.24, 2.45) is 5.92 Å². The lowest BCUT2D eigenvalue weighted by molar-refractivity contribution is -0.157. The molecule has 0 spiro atoms. The molecule has 0 saturated carbocycles. The summed E-state index contributed by atoms with van der Waals surface area (Å²) in [5, 5.41) is 48.3.